The molecular weight excluding hydrogens is 310 g/mol. The Morgan fingerprint density at radius 2 is 1.58 bits per heavy atom. The first-order chi connectivity index (χ1) is 11.4. The molecule has 0 aromatic rings. The van der Waals surface area contributed by atoms with Crippen molar-refractivity contribution < 1.29 is 13.6 Å². The van der Waals surface area contributed by atoms with E-state index in [1.807, 2.05) is 0 Å². The highest BCUT2D eigenvalue weighted by atomic mass is 19.3. The molecule has 1 amide bonds. The van der Waals surface area contributed by atoms with Crippen LogP contribution in [0.1, 0.15) is 78.6 Å². The van der Waals surface area contributed by atoms with Crippen molar-refractivity contribution in [3.8, 4) is 0 Å². The van der Waals surface area contributed by atoms with Gasteiger partial charge in [-0.3, -0.25) is 4.79 Å². The van der Waals surface area contributed by atoms with Crippen molar-refractivity contribution in [2.45, 2.75) is 90.5 Å². The van der Waals surface area contributed by atoms with Gasteiger partial charge in [0.15, 0.2) is 0 Å². The zero-order valence-electron chi connectivity index (χ0n) is 15.8. The van der Waals surface area contributed by atoms with Gasteiger partial charge in [-0.1, -0.05) is 65.7 Å². The molecule has 1 rings (SSSR count). The lowest BCUT2D eigenvalue weighted by atomic mass is 10.00. The number of hydrogen-bond donors (Lipinski definition) is 1. The molecule has 1 aliphatic rings. The Labute approximate surface area is 146 Å². The Balaban J connectivity index is 2.18. The monoisotopic (exact) mass is 346 g/mol. The zero-order chi connectivity index (χ0) is 18.0. The van der Waals surface area contributed by atoms with Gasteiger partial charge < -0.3 is 10.2 Å². The normalized spacial score (nSPS) is 17.8. The summed E-state index contributed by atoms with van der Waals surface area (Å²) < 4.78 is 25.9. The van der Waals surface area contributed by atoms with E-state index in [0.29, 0.717) is 12.3 Å². The molecule has 0 aromatic carbocycles. The molecule has 0 aliphatic carbocycles. The van der Waals surface area contributed by atoms with Crippen LogP contribution in [0.2, 0.25) is 0 Å². The van der Waals surface area contributed by atoms with Crippen LogP contribution >= 0.6 is 0 Å². The molecule has 1 saturated heterocycles. The first-order valence-electron chi connectivity index (χ1n) is 9.75. The van der Waals surface area contributed by atoms with Crippen LogP contribution in [-0.2, 0) is 4.79 Å². The number of rotatable bonds is 13. The van der Waals surface area contributed by atoms with Crippen LogP contribution in [0.3, 0.4) is 0 Å². The number of likely N-dealkylation sites (tertiary alicyclic amines) is 1. The highest BCUT2D eigenvalue weighted by Crippen LogP contribution is 2.27. The summed E-state index contributed by atoms with van der Waals surface area (Å²) in [4.78, 5) is 13.6. The van der Waals surface area contributed by atoms with E-state index in [2.05, 4.69) is 26.1 Å². The zero-order valence-corrected chi connectivity index (χ0v) is 15.8. The van der Waals surface area contributed by atoms with E-state index in [9.17, 15) is 13.6 Å². The van der Waals surface area contributed by atoms with Crippen molar-refractivity contribution in [2.24, 2.45) is 5.92 Å². The Morgan fingerprint density at radius 1 is 1.04 bits per heavy atom. The largest absolute Gasteiger partial charge is 0.329 e. The highest BCUT2D eigenvalue weighted by Gasteiger charge is 2.47. The Hall–Kier alpha value is -0.710. The minimum Gasteiger partial charge on any atom is -0.329 e. The average molecular weight is 347 g/mol. The van der Waals surface area contributed by atoms with Crippen molar-refractivity contribution in [3.63, 3.8) is 0 Å². The van der Waals surface area contributed by atoms with Crippen molar-refractivity contribution >= 4 is 5.91 Å². The van der Waals surface area contributed by atoms with Gasteiger partial charge in [-0.2, -0.15) is 0 Å². The van der Waals surface area contributed by atoms with Gasteiger partial charge in [0.1, 0.15) is 0 Å². The maximum absolute atomic E-state index is 13.0. The molecule has 1 aliphatic heterocycles. The molecule has 1 heterocycles. The van der Waals surface area contributed by atoms with E-state index in [1.54, 1.807) is 0 Å². The molecule has 0 saturated carbocycles. The molecule has 0 radical (unpaired) electrons. The second-order valence-electron chi connectivity index (χ2n) is 7.66. The van der Waals surface area contributed by atoms with Gasteiger partial charge in [0.25, 0.3) is 5.92 Å². The number of alkyl halides is 2. The second kappa shape index (κ2) is 11.0. The summed E-state index contributed by atoms with van der Waals surface area (Å²) >= 11 is 0. The molecule has 0 spiro atoms. The predicted molar refractivity (Wildman–Crippen MR) is 95.4 cm³/mol. The van der Waals surface area contributed by atoms with Gasteiger partial charge in [-0.15, -0.1) is 0 Å². The van der Waals surface area contributed by atoms with Crippen LogP contribution in [0.25, 0.3) is 0 Å². The third-order valence-corrected chi connectivity index (χ3v) is 4.58. The molecular formula is C19H36F2N2O. The lowest BCUT2D eigenvalue weighted by Crippen LogP contribution is -2.62. The third kappa shape index (κ3) is 8.41. The Morgan fingerprint density at radius 3 is 2.08 bits per heavy atom. The summed E-state index contributed by atoms with van der Waals surface area (Å²) in [6.07, 6.45) is 10.7. The van der Waals surface area contributed by atoms with Crippen molar-refractivity contribution in [1.29, 1.82) is 0 Å². The maximum Gasteiger partial charge on any atom is 0.282 e. The predicted octanol–water partition coefficient (Wildman–Crippen LogP) is 4.61. The van der Waals surface area contributed by atoms with Crippen molar-refractivity contribution in [2.75, 3.05) is 19.6 Å². The van der Waals surface area contributed by atoms with Gasteiger partial charge in [0.05, 0.1) is 19.1 Å². The molecule has 1 N–H and O–H groups in total. The van der Waals surface area contributed by atoms with E-state index >= 15 is 0 Å². The standard InChI is InChI=1S/C19H36F2N2O/c1-4-5-6-7-8-9-10-11-12-22-17(13-16(2)3)18(24)23-14-19(20,21)15-23/h16-17,22H,4-15H2,1-3H3/t17-/m0/s1. The van der Waals surface area contributed by atoms with Crippen LogP contribution in [0.5, 0.6) is 0 Å². The number of halogens is 2. The molecule has 0 unspecified atom stereocenters. The molecule has 24 heavy (non-hydrogen) atoms. The van der Waals surface area contributed by atoms with Crippen LogP contribution < -0.4 is 5.32 Å². The second-order valence-corrected chi connectivity index (χ2v) is 7.66. The first kappa shape index (κ1) is 21.3. The van der Waals surface area contributed by atoms with Crippen molar-refractivity contribution in [3.05, 3.63) is 0 Å². The summed E-state index contributed by atoms with van der Waals surface area (Å²) in [5.74, 6) is -2.48. The lowest BCUT2D eigenvalue weighted by Gasteiger charge is -2.40. The maximum atomic E-state index is 13.0. The van der Waals surface area contributed by atoms with E-state index < -0.39 is 19.0 Å². The highest BCUT2D eigenvalue weighted by molar-refractivity contribution is 5.82. The molecule has 0 aromatic heterocycles. The summed E-state index contributed by atoms with van der Waals surface area (Å²) in [6, 6.07) is -0.314. The minimum atomic E-state index is -2.68. The summed E-state index contributed by atoms with van der Waals surface area (Å²) in [6.45, 7) is 6.30. The number of hydrogen-bond acceptors (Lipinski definition) is 2. The van der Waals surface area contributed by atoms with Crippen LogP contribution in [-0.4, -0.2) is 42.4 Å². The van der Waals surface area contributed by atoms with Gasteiger partial charge in [-0.05, 0) is 25.3 Å². The number of amides is 1. The number of nitrogens with zero attached hydrogens (tertiary/aromatic N) is 1. The smallest absolute Gasteiger partial charge is 0.282 e. The molecule has 5 heteroatoms. The molecule has 0 bridgehead atoms. The fraction of sp³-hybridized carbons (Fsp3) is 0.947. The van der Waals surface area contributed by atoms with Crippen LogP contribution in [0.4, 0.5) is 8.78 Å². The van der Waals surface area contributed by atoms with Crippen LogP contribution in [0, 0.1) is 5.92 Å². The quantitative estimate of drug-likeness (QED) is 0.494. The topological polar surface area (TPSA) is 32.3 Å². The SMILES string of the molecule is CCCCCCCCCCN[C@@H](CC(C)C)C(=O)N1CC(F)(F)C1. The number of unbranched alkanes of at least 4 members (excludes halogenated alkanes) is 7. The lowest BCUT2D eigenvalue weighted by molar-refractivity contribution is -0.168. The minimum absolute atomic E-state index is 0.158. The van der Waals surface area contributed by atoms with Crippen LogP contribution in [0.15, 0.2) is 0 Å². The van der Waals surface area contributed by atoms with Gasteiger partial charge in [0, 0.05) is 0 Å². The summed E-state index contributed by atoms with van der Waals surface area (Å²) in [7, 11) is 0. The Kier molecular flexibility index (Phi) is 9.79. The third-order valence-electron chi connectivity index (χ3n) is 4.58. The Bertz CT molecular complexity index is 353. The van der Waals surface area contributed by atoms with E-state index in [-0.39, 0.29) is 11.9 Å². The van der Waals surface area contributed by atoms with E-state index in [0.717, 1.165) is 13.0 Å². The average Bonchev–Trinajstić information content (AvgIpc) is 2.48. The number of carbonyl (C=O) groups excluding carboxylic acids is 1. The molecule has 1 atom stereocenters. The van der Waals surface area contributed by atoms with Crippen molar-refractivity contribution in [1.82, 2.24) is 10.2 Å². The van der Waals surface area contributed by atoms with Gasteiger partial charge in [-0.25, -0.2) is 8.78 Å². The number of carbonyl (C=O) groups is 1. The summed E-state index contributed by atoms with van der Waals surface area (Å²) in [5, 5.41) is 3.30. The fourth-order valence-electron chi connectivity index (χ4n) is 3.17. The van der Waals surface area contributed by atoms with Gasteiger partial charge in [0.2, 0.25) is 5.91 Å². The van der Waals surface area contributed by atoms with Gasteiger partial charge >= 0.3 is 0 Å². The molecule has 142 valence electrons. The molecule has 3 nitrogen and oxygen atoms in total. The van der Waals surface area contributed by atoms with E-state index in [1.165, 1.54) is 49.8 Å². The first-order valence-corrected chi connectivity index (χ1v) is 9.75. The van der Waals surface area contributed by atoms with E-state index in [4.69, 9.17) is 0 Å². The molecule has 1 fully saturated rings. The summed E-state index contributed by atoms with van der Waals surface area (Å²) in [5.41, 5.74) is 0. The fourth-order valence-corrected chi connectivity index (χ4v) is 3.17. The number of nitrogens with one attached hydrogen (secondary N) is 1.